The van der Waals surface area contributed by atoms with Crippen LogP contribution in [0.5, 0.6) is 0 Å². The molecular weight excluding hydrogens is 975 g/mol. The molecule has 0 bridgehead atoms. The molecule has 0 atom stereocenters. The lowest BCUT2D eigenvalue weighted by Crippen LogP contribution is -2.62. The van der Waals surface area contributed by atoms with Gasteiger partial charge in [0, 0.05) is 59.9 Å². The first-order chi connectivity index (χ1) is 36.0. The molecule has 4 heterocycles. The molecule has 6 nitrogen and oxygen atoms in total. The number of pyridine rings is 1. The Kier molecular flexibility index (Phi) is 13.9. The molecule has 1 spiro atoms. The Morgan fingerprint density at radius 1 is 0.397 bits per heavy atom. The number of rotatable bonds is 7. The summed E-state index contributed by atoms with van der Waals surface area (Å²) >= 11 is 7.02. The first-order valence-corrected chi connectivity index (χ1v) is 28.8. The number of hydrogen-bond donors (Lipinski definition) is 0. The van der Waals surface area contributed by atoms with E-state index in [-0.39, 0.29) is 5.43 Å². The van der Waals surface area contributed by atoms with Crippen molar-refractivity contribution in [1.29, 1.82) is 0 Å². The molecule has 360 valence electrons. The molecule has 0 amide bonds. The van der Waals surface area contributed by atoms with Crippen molar-refractivity contribution in [1.82, 2.24) is 4.57 Å². The summed E-state index contributed by atoms with van der Waals surface area (Å²) in [6, 6.07) is 81.1. The summed E-state index contributed by atoms with van der Waals surface area (Å²) in [6.07, 6.45) is 8.48. The summed E-state index contributed by atoms with van der Waals surface area (Å²) in [5.74, 6) is 0. The summed E-state index contributed by atoms with van der Waals surface area (Å²) < 4.78 is 2.97. The van der Waals surface area contributed by atoms with Crippen molar-refractivity contribution in [2.45, 2.75) is 9.87 Å². The van der Waals surface area contributed by atoms with Gasteiger partial charge in [-0.25, -0.2) is 9.78 Å². The lowest BCUT2D eigenvalue weighted by molar-refractivity contribution is -0.492. The second-order valence-corrected chi connectivity index (χ2v) is 21.4. The number of benzene rings is 9. The van der Waals surface area contributed by atoms with Crippen LogP contribution in [0, 0.1) is 0 Å². The summed E-state index contributed by atoms with van der Waals surface area (Å²) in [5, 5.41) is 1.50. The molecule has 3 aliphatic rings. The van der Waals surface area contributed by atoms with Crippen LogP contribution in [0.3, 0.4) is 0 Å². The standard InChI is InChI=1S/C22H19NO2S2.C22H19NS2.C19H13NO/c1-26-22(27-2)21(24-25-22)17-12-6-8-14-19(17)23(16-10-4-3-5-11-16)20-15-9-7-13-18(20)21;1-24-22(25-2)21-17-12-6-8-14-19(17)23(16-10-4-3-5-11-16)20-15-9-7-13-18(20)21;21-19-15-10-4-6-12-17(15)20(14-8-2-1-3-9-14)18-13-7-5-11-16(18)19/h3-15H,1-2H3;3-15H,1-2H3;1-13H. The number of fused-ring (bicyclic) bond motifs is 8. The predicted molar refractivity (Wildman–Crippen MR) is 315 cm³/mol. The van der Waals surface area contributed by atoms with Crippen molar-refractivity contribution >= 4 is 109 Å². The van der Waals surface area contributed by atoms with Gasteiger partial charge in [-0.3, -0.25) is 4.79 Å². The van der Waals surface area contributed by atoms with Gasteiger partial charge in [-0.05, 0) is 110 Å². The van der Waals surface area contributed by atoms with Crippen LogP contribution in [0.25, 0.3) is 33.1 Å². The van der Waals surface area contributed by atoms with Gasteiger partial charge < -0.3 is 14.4 Å². The van der Waals surface area contributed by atoms with E-state index in [9.17, 15) is 4.79 Å². The highest BCUT2D eigenvalue weighted by molar-refractivity contribution is 8.22. The maximum absolute atomic E-state index is 12.7. The largest absolute Gasteiger partial charge is 0.310 e. The van der Waals surface area contributed by atoms with Crippen LogP contribution >= 0.6 is 47.0 Å². The number of aromatic nitrogens is 1. The highest BCUT2D eigenvalue weighted by Gasteiger charge is 2.69. The van der Waals surface area contributed by atoms with E-state index in [2.05, 4.69) is 203 Å². The third-order valence-corrected chi connectivity index (χ3v) is 18.5. The molecule has 0 aliphatic carbocycles. The Labute approximate surface area is 443 Å². The monoisotopic (exact) mass is 1030 g/mol. The zero-order valence-electron chi connectivity index (χ0n) is 40.7. The molecule has 1 saturated heterocycles. The van der Waals surface area contributed by atoms with Gasteiger partial charge in [0.15, 0.2) is 5.43 Å². The number of hydrogen-bond acceptors (Lipinski definition) is 9. The molecule has 0 N–H and O–H groups in total. The Morgan fingerprint density at radius 3 is 1.19 bits per heavy atom. The van der Waals surface area contributed by atoms with Crippen molar-refractivity contribution in [2.75, 3.05) is 34.8 Å². The van der Waals surface area contributed by atoms with Crippen LogP contribution in [-0.2, 0) is 15.4 Å². The highest BCUT2D eigenvalue weighted by atomic mass is 32.2. The smallest absolute Gasteiger partial charge is 0.235 e. The predicted octanol–water partition coefficient (Wildman–Crippen LogP) is 17.1. The van der Waals surface area contributed by atoms with Gasteiger partial charge in [-0.2, -0.15) is 0 Å². The minimum Gasteiger partial charge on any atom is -0.310 e. The van der Waals surface area contributed by atoms with E-state index >= 15 is 0 Å². The van der Waals surface area contributed by atoms with Gasteiger partial charge in [0.1, 0.15) is 0 Å². The fourth-order valence-electron chi connectivity index (χ4n) is 10.4. The van der Waals surface area contributed by atoms with Crippen LogP contribution in [0.1, 0.15) is 22.3 Å². The van der Waals surface area contributed by atoms with Crippen LogP contribution in [-0.4, -0.2) is 33.9 Å². The molecule has 9 aromatic carbocycles. The third kappa shape index (κ3) is 8.27. The normalized spacial score (nSPS) is 14.3. The molecule has 1 aromatic heterocycles. The summed E-state index contributed by atoms with van der Waals surface area (Å²) in [6.45, 7) is 0. The Bertz CT molecular complexity index is 3530. The van der Waals surface area contributed by atoms with E-state index in [0.29, 0.717) is 0 Å². The molecule has 13 rings (SSSR count). The van der Waals surface area contributed by atoms with E-state index < -0.39 is 9.87 Å². The first-order valence-electron chi connectivity index (χ1n) is 23.9. The molecule has 3 aliphatic heterocycles. The lowest BCUT2D eigenvalue weighted by atomic mass is 9.79. The van der Waals surface area contributed by atoms with Crippen molar-refractivity contribution in [3.05, 3.63) is 273 Å². The number of para-hydroxylation sites is 9. The average molecular weight is 1030 g/mol. The van der Waals surface area contributed by atoms with Crippen molar-refractivity contribution in [2.24, 2.45) is 0 Å². The quantitative estimate of drug-likeness (QED) is 0.0882. The minimum absolute atomic E-state index is 0.0911. The molecule has 0 radical (unpaired) electrons. The van der Waals surface area contributed by atoms with E-state index in [1.54, 1.807) is 23.5 Å². The van der Waals surface area contributed by atoms with Crippen LogP contribution in [0.4, 0.5) is 34.1 Å². The Morgan fingerprint density at radius 2 is 0.767 bits per heavy atom. The summed E-state index contributed by atoms with van der Waals surface area (Å²) in [7, 11) is 0. The number of nitrogens with zero attached hydrogens (tertiary/aromatic N) is 3. The van der Waals surface area contributed by atoms with E-state index in [1.165, 1.54) is 38.0 Å². The van der Waals surface area contributed by atoms with E-state index in [0.717, 1.165) is 55.7 Å². The zero-order chi connectivity index (χ0) is 49.9. The summed E-state index contributed by atoms with van der Waals surface area (Å²) in [5.41, 5.74) is 15.6. The molecule has 0 saturated carbocycles. The van der Waals surface area contributed by atoms with E-state index in [4.69, 9.17) is 9.78 Å². The van der Waals surface area contributed by atoms with Crippen LogP contribution in [0.15, 0.2) is 246 Å². The molecule has 10 aromatic rings. The second-order valence-electron chi connectivity index (χ2n) is 17.3. The molecular formula is C63H51N3O3S4. The van der Waals surface area contributed by atoms with E-state index in [1.807, 2.05) is 96.3 Å². The molecule has 0 unspecified atom stereocenters. The number of thioether (sulfide) groups is 4. The van der Waals surface area contributed by atoms with Gasteiger partial charge in [-0.1, -0.05) is 152 Å². The highest BCUT2D eigenvalue weighted by Crippen LogP contribution is 2.68. The molecule has 1 fully saturated rings. The van der Waals surface area contributed by atoms with Crippen molar-refractivity contribution < 1.29 is 9.78 Å². The van der Waals surface area contributed by atoms with Gasteiger partial charge in [0.25, 0.3) is 0 Å². The number of anilines is 6. The average Bonchev–Trinajstić information content (AvgIpc) is 3.47. The van der Waals surface area contributed by atoms with Gasteiger partial charge in [-0.15, -0.1) is 47.0 Å². The fourth-order valence-corrected chi connectivity index (χ4v) is 13.8. The lowest BCUT2D eigenvalue weighted by Gasteiger charge is -2.57. The first kappa shape index (κ1) is 48.4. The maximum Gasteiger partial charge on any atom is 0.235 e. The Hall–Kier alpha value is -6.89. The van der Waals surface area contributed by atoms with Crippen LogP contribution in [0.2, 0.25) is 0 Å². The van der Waals surface area contributed by atoms with Crippen molar-refractivity contribution in [3.63, 3.8) is 0 Å². The summed E-state index contributed by atoms with van der Waals surface area (Å²) in [4.78, 5) is 29.1. The van der Waals surface area contributed by atoms with Gasteiger partial charge in [0.2, 0.25) is 9.87 Å². The third-order valence-electron chi connectivity index (χ3n) is 13.5. The maximum atomic E-state index is 12.7. The zero-order valence-corrected chi connectivity index (χ0v) is 44.0. The van der Waals surface area contributed by atoms with Crippen LogP contribution < -0.4 is 15.2 Å². The fraction of sp³-hybridized carbons (Fsp3) is 0.0952. The van der Waals surface area contributed by atoms with Crippen molar-refractivity contribution in [3.8, 4) is 5.69 Å². The van der Waals surface area contributed by atoms with Gasteiger partial charge in [0.05, 0.1) is 33.8 Å². The SMILES string of the molecule is CSC(SC)=C1c2ccccc2N(c2ccccc2)c2ccccc21.CSC1(SC)OOC12c1ccccc1N(c1ccccc1)c1ccccc12.O=c1c2ccccc2n(-c2ccccc2)c2ccccc12. The second kappa shape index (κ2) is 20.9. The minimum atomic E-state index is -0.649. The Balaban J connectivity index is 0.000000119. The molecule has 73 heavy (non-hydrogen) atoms. The topological polar surface area (TPSA) is 46.9 Å². The van der Waals surface area contributed by atoms with Gasteiger partial charge >= 0.3 is 0 Å². The molecule has 10 heteroatoms.